The Morgan fingerprint density at radius 1 is 1.53 bits per heavy atom. The Kier molecular flexibility index (Phi) is 4.14. The Hall–Kier alpha value is -0.0900. The van der Waals surface area contributed by atoms with Crippen LogP contribution in [0.1, 0.15) is 31.1 Å². The molecule has 1 atom stereocenters. The molecule has 0 radical (unpaired) electrons. The third-order valence-electron chi connectivity index (χ3n) is 4.09. The van der Waals surface area contributed by atoms with E-state index in [0.29, 0.717) is 0 Å². The van der Waals surface area contributed by atoms with Crippen LogP contribution in [0.2, 0.25) is 4.34 Å². The number of hydrogen-bond donors (Lipinski definition) is 1. The maximum atomic E-state index is 6.05. The van der Waals surface area contributed by atoms with Crippen molar-refractivity contribution in [1.82, 2.24) is 4.90 Å². The smallest absolute Gasteiger partial charge is 0.0931 e. The molecule has 17 heavy (non-hydrogen) atoms. The molecule has 4 heteroatoms. The maximum Gasteiger partial charge on any atom is 0.0931 e. The highest BCUT2D eigenvalue weighted by atomic mass is 35.5. The van der Waals surface area contributed by atoms with Crippen LogP contribution in [0.25, 0.3) is 0 Å². The molecule has 0 aliphatic heterocycles. The number of halogens is 1. The number of likely N-dealkylation sites (N-methyl/N-ethyl adjacent to an activating group) is 1. The van der Waals surface area contributed by atoms with Gasteiger partial charge in [-0.1, -0.05) is 18.5 Å². The van der Waals surface area contributed by atoms with Crippen molar-refractivity contribution in [3.63, 3.8) is 0 Å². The monoisotopic (exact) mass is 272 g/mol. The van der Waals surface area contributed by atoms with Crippen LogP contribution >= 0.6 is 22.9 Å². The third kappa shape index (κ3) is 2.68. The van der Waals surface area contributed by atoms with E-state index in [9.17, 15) is 0 Å². The minimum atomic E-state index is 0.191. The van der Waals surface area contributed by atoms with Crippen LogP contribution in [0, 0.1) is 5.92 Å². The zero-order valence-corrected chi connectivity index (χ0v) is 12.2. The van der Waals surface area contributed by atoms with E-state index in [4.69, 9.17) is 17.3 Å². The molecule has 1 saturated carbocycles. The van der Waals surface area contributed by atoms with Gasteiger partial charge in [0.15, 0.2) is 0 Å². The summed E-state index contributed by atoms with van der Waals surface area (Å²) in [5.74, 6) is 0.790. The lowest BCUT2D eigenvalue weighted by Crippen LogP contribution is -2.53. The zero-order chi connectivity index (χ0) is 12.5. The fourth-order valence-corrected chi connectivity index (χ4v) is 3.93. The van der Waals surface area contributed by atoms with Gasteiger partial charge in [-0.3, -0.25) is 4.90 Å². The van der Waals surface area contributed by atoms with Gasteiger partial charge in [-0.15, -0.1) is 11.3 Å². The maximum absolute atomic E-state index is 6.05. The predicted molar refractivity (Wildman–Crippen MR) is 75.6 cm³/mol. The molecule has 2 rings (SSSR count). The average Bonchev–Trinajstić information content (AvgIpc) is 3.07. The Balaban J connectivity index is 2.08. The molecule has 1 aliphatic carbocycles. The van der Waals surface area contributed by atoms with Crippen molar-refractivity contribution in [2.24, 2.45) is 11.7 Å². The first-order valence-corrected chi connectivity index (χ1v) is 7.47. The van der Waals surface area contributed by atoms with Gasteiger partial charge in [0.1, 0.15) is 0 Å². The number of hydrogen-bond acceptors (Lipinski definition) is 3. The second-order valence-corrected chi connectivity index (χ2v) is 6.80. The molecule has 1 heterocycles. The van der Waals surface area contributed by atoms with Gasteiger partial charge in [-0.05, 0) is 44.4 Å². The summed E-state index contributed by atoms with van der Waals surface area (Å²) in [6.07, 6.45) is 3.80. The summed E-state index contributed by atoms with van der Waals surface area (Å²) in [7, 11) is 2.20. The largest absolute Gasteiger partial charge is 0.329 e. The standard InChI is InChI=1S/C13H21ClN2S/c1-3-13(9-15,10-4-5-10)16(2)8-11-6-7-12(14)17-11/h6-7,10H,3-5,8-9,15H2,1-2H3. The molecule has 0 spiro atoms. The highest BCUT2D eigenvalue weighted by molar-refractivity contribution is 7.16. The van der Waals surface area contributed by atoms with E-state index in [-0.39, 0.29) is 5.54 Å². The van der Waals surface area contributed by atoms with Gasteiger partial charge in [0, 0.05) is 23.5 Å². The van der Waals surface area contributed by atoms with E-state index in [2.05, 4.69) is 24.9 Å². The Morgan fingerprint density at radius 3 is 2.65 bits per heavy atom. The molecule has 1 unspecified atom stereocenters. The third-order valence-corrected chi connectivity index (χ3v) is 5.30. The minimum absolute atomic E-state index is 0.191. The molecule has 0 saturated heterocycles. The van der Waals surface area contributed by atoms with Crippen LogP contribution in [0.4, 0.5) is 0 Å². The Morgan fingerprint density at radius 2 is 2.24 bits per heavy atom. The number of rotatable bonds is 6. The van der Waals surface area contributed by atoms with Gasteiger partial charge in [0.05, 0.1) is 4.34 Å². The molecule has 0 bridgehead atoms. The van der Waals surface area contributed by atoms with Crippen LogP contribution in [0.15, 0.2) is 12.1 Å². The van der Waals surface area contributed by atoms with Crippen molar-refractivity contribution in [2.75, 3.05) is 13.6 Å². The highest BCUT2D eigenvalue weighted by Crippen LogP contribution is 2.44. The van der Waals surface area contributed by atoms with Gasteiger partial charge in [0.2, 0.25) is 0 Å². The van der Waals surface area contributed by atoms with E-state index in [1.54, 1.807) is 11.3 Å². The first-order valence-electron chi connectivity index (χ1n) is 6.28. The first-order chi connectivity index (χ1) is 8.12. The molecule has 2 N–H and O–H groups in total. The summed E-state index contributed by atoms with van der Waals surface area (Å²) in [6, 6.07) is 4.09. The van der Waals surface area contributed by atoms with Gasteiger partial charge in [0.25, 0.3) is 0 Å². The molecule has 2 nitrogen and oxygen atoms in total. The number of nitrogens with two attached hydrogens (primary N) is 1. The van der Waals surface area contributed by atoms with Crippen LogP contribution in [0.3, 0.4) is 0 Å². The number of thiophene rings is 1. The van der Waals surface area contributed by atoms with Gasteiger partial charge in [-0.2, -0.15) is 0 Å². The van der Waals surface area contributed by atoms with Gasteiger partial charge < -0.3 is 5.73 Å². The summed E-state index contributed by atoms with van der Waals surface area (Å²) in [5, 5.41) is 0. The van der Waals surface area contributed by atoms with Crippen molar-refractivity contribution in [2.45, 2.75) is 38.3 Å². The second kappa shape index (κ2) is 5.27. The summed E-state index contributed by atoms with van der Waals surface area (Å²) >= 11 is 7.64. The molecular weight excluding hydrogens is 252 g/mol. The Labute approximate surface area is 113 Å². The highest BCUT2D eigenvalue weighted by Gasteiger charge is 2.45. The second-order valence-electron chi connectivity index (χ2n) is 5.00. The van der Waals surface area contributed by atoms with Crippen molar-refractivity contribution in [3.8, 4) is 0 Å². The minimum Gasteiger partial charge on any atom is -0.329 e. The predicted octanol–water partition coefficient (Wildman–Crippen LogP) is 3.35. The molecule has 1 fully saturated rings. The SMILES string of the molecule is CCC(CN)(C1CC1)N(C)Cc1ccc(Cl)s1. The van der Waals surface area contributed by atoms with Crippen molar-refractivity contribution in [3.05, 3.63) is 21.3 Å². The first kappa shape index (κ1) is 13.3. The molecule has 0 amide bonds. The summed E-state index contributed by atoms with van der Waals surface area (Å²) in [6.45, 7) is 3.96. The topological polar surface area (TPSA) is 29.3 Å². The fraction of sp³-hybridized carbons (Fsp3) is 0.692. The van der Waals surface area contributed by atoms with E-state index in [1.807, 2.05) is 6.07 Å². The van der Waals surface area contributed by atoms with Crippen molar-refractivity contribution >= 4 is 22.9 Å². The lowest BCUT2D eigenvalue weighted by atomic mass is 9.88. The van der Waals surface area contributed by atoms with E-state index >= 15 is 0 Å². The van der Waals surface area contributed by atoms with Gasteiger partial charge in [-0.25, -0.2) is 0 Å². The summed E-state index contributed by atoms with van der Waals surface area (Å²) in [4.78, 5) is 3.76. The average molecular weight is 273 g/mol. The van der Waals surface area contributed by atoms with Crippen molar-refractivity contribution < 1.29 is 0 Å². The molecule has 1 aromatic heterocycles. The normalized spacial score (nSPS) is 19.6. The summed E-state index contributed by atoms with van der Waals surface area (Å²) in [5.41, 5.74) is 6.25. The van der Waals surface area contributed by atoms with E-state index in [1.165, 1.54) is 17.7 Å². The Bertz CT molecular complexity index is 369. The number of nitrogens with zero attached hydrogens (tertiary/aromatic N) is 1. The lowest BCUT2D eigenvalue weighted by molar-refractivity contribution is 0.0902. The molecule has 0 aromatic carbocycles. The van der Waals surface area contributed by atoms with Crippen LogP contribution in [-0.4, -0.2) is 24.0 Å². The van der Waals surface area contributed by atoms with Crippen molar-refractivity contribution in [1.29, 1.82) is 0 Å². The molecule has 1 aliphatic rings. The molecule has 96 valence electrons. The van der Waals surface area contributed by atoms with Crippen LogP contribution in [-0.2, 0) is 6.54 Å². The lowest BCUT2D eigenvalue weighted by Gasteiger charge is -2.41. The van der Waals surface area contributed by atoms with Crippen LogP contribution in [0.5, 0.6) is 0 Å². The molecule has 1 aromatic rings. The summed E-state index contributed by atoms with van der Waals surface area (Å²) < 4.78 is 0.870. The fourth-order valence-electron chi connectivity index (χ4n) is 2.79. The quantitative estimate of drug-likeness (QED) is 0.861. The van der Waals surface area contributed by atoms with E-state index in [0.717, 1.165) is 29.8 Å². The van der Waals surface area contributed by atoms with Gasteiger partial charge >= 0.3 is 0 Å². The zero-order valence-electron chi connectivity index (χ0n) is 10.6. The molecular formula is C13H21ClN2S. The van der Waals surface area contributed by atoms with Crippen LogP contribution < -0.4 is 5.73 Å². The van der Waals surface area contributed by atoms with E-state index < -0.39 is 0 Å².